The van der Waals surface area contributed by atoms with Gasteiger partial charge in [-0.25, -0.2) is 4.98 Å². The maximum Gasteiger partial charge on any atom is 0.269 e. The van der Waals surface area contributed by atoms with Gasteiger partial charge in [0.1, 0.15) is 11.5 Å². The van der Waals surface area contributed by atoms with Crippen LogP contribution in [0.4, 0.5) is 5.82 Å². The van der Waals surface area contributed by atoms with Gasteiger partial charge in [-0.3, -0.25) is 9.69 Å². The Labute approximate surface area is 132 Å². The molecule has 1 fully saturated rings. The van der Waals surface area contributed by atoms with Gasteiger partial charge < -0.3 is 15.4 Å². The Morgan fingerprint density at radius 3 is 3.05 bits per heavy atom. The first kappa shape index (κ1) is 16.7. The molecule has 0 saturated carbocycles. The molecule has 1 saturated heterocycles. The fourth-order valence-corrected chi connectivity index (χ4v) is 2.59. The number of anilines is 1. The van der Waals surface area contributed by atoms with Crippen LogP contribution in [0.2, 0.25) is 0 Å². The van der Waals surface area contributed by atoms with Crippen LogP contribution in [-0.2, 0) is 4.74 Å². The Bertz CT molecular complexity index is 493. The molecule has 0 bridgehead atoms. The summed E-state index contributed by atoms with van der Waals surface area (Å²) in [6, 6.07) is 5.39. The average Bonchev–Trinajstić information content (AvgIpc) is 2.52. The number of ether oxygens (including phenoxy) is 1. The lowest BCUT2D eigenvalue weighted by molar-refractivity contribution is -0.0244. The third-order valence-electron chi connectivity index (χ3n) is 3.57. The lowest BCUT2D eigenvalue weighted by Crippen LogP contribution is -2.46. The molecule has 1 aliphatic rings. The second-order valence-corrected chi connectivity index (χ2v) is 6.01. The van der Waals surface area contributed by atoms with Crippen LogP contribution >= 0.6 is 0 Å². The highest BCUT2D eigenvalue weighted by atomic mass is 16.5. The highest BCUT2D eigenvalue weighted by Crippen LogP contribution is 2.10. The van der Waals surface area contributed by atoms with E-state index in [1.807, 2.05) is 12.1 Å². The van der Waals surface area contributed by atoms with Crippen LogP contribution in [-0.4, -0.2) is 61.7 Å². The van der Waals surface area contributed by atoms with Gasteiger partial charge >= 0.3 is 0 Å². The third-order valence-corrected chi connectivity index (χ3v) is 3.57. The average molecular weight is 306 g/mol. The number of carbonyl (C=O) groups is 1. The van der Waals surface area contributed by atoms with Gasteiger partial charge in [-0.2, -0.15) is 0 Å². The van der Waals surface area contributed by atoms with Crippen molar-refractivity contribution in [3.63, 3.8) is 0 Å². The number of nitrogens with one attached hydrogen (secondary N) is 2. The summed E-state index contributed by atoms with van der Waals surface area (Å²) in [4.78, 5) is 18.3. The summed E-state index contributed by atoms with van der Waals surface area (Å²) in [5, 5.41) is 5.84. The second kappa shape index (κ2) is 8.10. The van der Waals surface area contributed by atoms with Crippen LogP contribution in [0.1, 0.15) is 24.3 Å². The fourth-order valence-electron chi connectivity index (χ4n) is 2.59. The Balaban J connectivity index is 1.86. The topological polar surface area (TPSA) is 66.5 Å². The molecule has 1 amide bonds. The summed E-state index contributed by atoms with van der Waals surface area (Å²) in [6.07, 6.45) is 0.151. The van der Waals surface area contributed by atoms with Gasteiger partial charge in [0.15, 0.2) is 0 Å². The Hall–Kier alpha value is -1.66. The predicted octanol–water partition coefficient (Wildman–Crippen LogP) is 1.21. The molecule has 6 nitrogen and oxygen atoms in total. The third kappa shape index (κ3) is 4.96. The Morgan fingerprint density at radius 2 is 2.32 bits per heavy atom. The minimum absolute atomic E-state index is 0.151. The van der Waals surface area contributed by atoms with Gasteiger partial charge in [-0.15, -0.1) is 0 Å². The van der Waals surface area contributed by atoms with E-state index in [9.17, 15) is 4.79 Å². The van der Waals surface area contributed by atoms with Crippen molar-refractivity contribution < 1.29 is 9.53 Å². The number of nitrogens with zero attached hydrogens (tertiary/aromatic N) is 2. The highest BCUT2D eigenvalue weighted by molar-refractivity contribution is 5.92. The molecule has 1 aliphatic heterocycles. The van der Waals surface area contributed by atoms with Crippen LogP contribution < -0.4 is 10.6 Å². The van der Waals surface area contributed by atoms with E-state index >= 15 is 0 Å². The predicted molar refractivity (Wildman–Crippen MR) is 87.1 cm³/mol. The monoisotopic (exact) mass is 306 g/mol. The molecule has 2 rings (SSSR count). The van der Waals surface area contributed by atoms with Gasteiger partial charge in [0.25, 0.3) is 5.91 Å². The Kier molecular flexibility index (Phi) is 6.15. The molecule has 0 spiro atoms. The van der Waals surface area contributed by atoms with Gasteiger partial charge in [0, 0.05) is 33.2 Å². The molecule has 1 aromatic rings. The molecular weight excluding hydrogens is 280 g/mol. The molecule has 6 heteroatoms. The molecule has 122 valence electrons. The number of pyridine rings is 1. The molecule has 2 heterocycles. The van der Waals surface area contributed by atoms with Crippen molar-refractivity contribution >= 4 is 11.7 Å². The number of hydrogen-bond acceptors (Lipinski definition) is 5. The minimum Gasteiger partial charge on any atom is -0.374 e. The first-order chi connectivity index (χ1) is 10.6. The van der Waals surface area contributed by atoms with Crippen LogP contribution in [0.3, 0.4) is 0 Å². The van der Waals surface area contributed by atoms with E-state index in [4.69, 9.17) is 4.74 Å². The zero-order valence-electron chi connectivity index (χ0n) is 13.6. The van der Waals surface area contributed by atoms with Gasteiger partial charge in [0.05, 0.1) is 12.7 Å². The molecule has 2 N–H and O–H groups in total. The van der Waals surface area contributed by atoms with Crippen LogP contribution in [0, 0.1) is 5.92 Å². The largest absolute Gasteiger partial charge is 0.374 e. The minimum atomic E-state index is -0.180. The summed E-state index contributed by atoms with van der Waals surface area (Å²) in [5.41, 5.74) is 0.415. The van der Waals surface area contributed by atoms with Gasteiger partial charge in [-0.05, 0) is 18.1 Å². The summed E-state index contributed by atoms with van der Waals surface area (Å²) in [6.45, 7) is 8.96. The van der Waals surface area contributed by atoms with Gasteiger partial charge in [-0.1, -0.05) is 19.9 Å². The zero-order chi connectivity index (χ0) is 15.9. The van der Waals surface area contributed by atoms with E-state index in [0.717, 1.165) is 26.2 Å². The molecule has 1 atom stereocenters. The number of hydrogen-bond donors (Lipinski definition) is 2. The van der Waals surface area contributed by atoms with Crippen LogP contribution in [0.25, 0.3) is 0 Å². The van der Waals surface area contributed by atoms with Crippen molar-refractivity contribution in [2.24, 2.45) is 5.92 Å². The Morgan fingerprint density at radius 1 is 1.50 bits per heavy atom. The molecule has 0 unspecified atom stereocenters. The maximum atomic E-state index is 11.6. The number of rotatable bonds is 6. The van der Waals surface area contributed by atoms with Crippen LogP contribution in [0.15, 0.2) is 18.2 Å². The summed E-state index contributed by atoms with van der Waals surface area (Å²) in [5.74, 6) is 1.18. The first-order valence-electron chi connectivity index (χ1n) is 7.85. The normalized spacial score (nSPS) is 19.2. The van der Waals surface area contributed by atoms with E-state index in [1.54, 1.807) is 13.1 Å². The quantitative estimate of drug-likeness (QED) is 0.827. The number of carbonyl (C=O) groups excluding carboxylic acids is 1. The van der Waals surface area contributed by atoms with Gasteiger partial charge in [0.2, 0.25) is 0 Å². The summed E-state index contributed by atoms with van der Waals surface area (Å²) in [7, 11) is 1.60. The zero-order valence-corrected chi connectivity index (χ0v) is 13.6. The van der Waals surface area contributed by atoms with E-state index in [2.05, 4.69) is 34.4 Å². The van der Waals surface area contributed by atoms with E-state index in [-0.39, 0.29) is 12.0 Å². The highest BCUT2D eigenvalue weighted by Gasteiger charge is 2.20. The van der Waals surface area contributed by atoms with Crippen molar-refractivity contribution in [3.05, 3.63) is 23.9 Å². The summed E-state index contributed by atoms with van der Waals surface area (Å²) < 4.78 is 5.80. The number of morpholine rings is 1. The first-order valence-corrected chi connectivity index (χ1v) is 7.85. The second-order valence-electron chi connectivity index (χ2n) is 6.01. The van der Waals surface area contributed by atoms with E-state index in [1.165, 1.54) is 0 Å². The number of aromatic nitrogens is 1. The molecule has 0 aromatic carbocycles. The van der Waals surface area contributed by atoms with Crippen molar-refractivity contribution in [3.8, 4) is 0 Å². The lowest BCUT2D eigenvalue weighted by Gasteiger charge is -2.34. The fraction of sp³-hybridized carbons (Fsp3) is 0.625. The van der Waals surface area contributed by atoms with Crippen LogP contribution in [0.5, 0.6) is 0 Å². The maximum absolute atomic E-state index is 11.6. The van der Waals surface area contributed by atoms with Crippen molar-refractivity contribution in [1.82, 2.24) is 15.2 Å². The molecule has 0 radical (unpaired) electrons. The van der Waals surface area contributed by atoms with Crippen molar-refractivity contribution in [2.75, 3.05) is 45.2 Å². The molecule has 0 aliphatic carbocycles. The SMILES string of the molecule is CNC(=O)c1cccc(NC[C@H]2CN(CC(C)C)CCO2)n1. The van der Waals surface area contributed by atoms with E-state index < -0.39 is 0 Å². The summed E-state index contributed by atoms with van der Waals surface area (Å²) >= 11 is 0. The number of amides is 1. The molecule has 22 heavy (non-hydrogen) atoms. The lowest BCUT2D eigenvalue weighted by atomic mass is 10.2. The van der Waals surface area contributed by atoms with E-state index in [0.29, 0.717) is 24.0 Å². The smallest absolute Gasteiger partial charge is 0.269 e. The van der Waals surface area contributed by atoms with Crippen molar-refractivity contribution in [1.29, 1.82) is 0 Å². The standard InChI is InChI=1S/C16H26N4O2/c1-12(2)10-20-7-8-22-13(11-20)9-18-15-6-4-5-14(19-15)16(21)17-3/h4-6,12-13H,7-11H2,1-3H3,(H,17,21)(H,18,19)/t13-/m0/s1. The molecule has 1 aromatic heterocycles. The van der Waals surface area contributed by atoms with Crippen molar-refractivity contribution in [2.45, 2.75) is 20.0 Å². The molecular formula is C16H26N4O2.